The Morgan fingerprint density at radius 3 is 2.84 bits per heavy atom. The van der Waals surface area contributed by atoms with Gasteiger partial charge in [-0.05, 0) is 47.9 Å². The Kier molecular flexibility index (Phi) is 6.03. The number of thiophene rings is 1. The number of fused-ring (bicyclic) bond motifs is 4. The summed E-state index contributed by atoms with van der Waals surface area (Å²) in [5, 5.41) is 6.98. The maximum atomic E-state index is 13.0. The summed E-state index contributed by atoms with van der Waals surface area (Å²) in [6, 6.07) is 10.2. The summed E-state index contributed by atoms with van der Waals surface area (Å²) in [5.41, 5.74) is 2.27. The molecule has 13 heteroatoms. The zero-order valence-corrected chi connectivity index (χ0v) is 21.2. The van der Waals surface area contributed by atoms with Crippen molar-refractivity contribution in [1.82, 2.24) is 25.2 Å². The van der Waals surface area contributed by atoms with E-state index in [4.69, 9.17) is 0 Å². The third kappa shape index (κ3) is 4.70. The van der Waals surface area contributed by atoms with Crippen LogP contribution in [0.15, 0.2) is 53.6 Å². The van der Waals surface area contributed by atoms with E-state index in [2.05, 4.69) is 25.6 Å². The van der Waals surface area contributed by atoms with Crippen molar-refractivity contribution in [3.8, 4) is 0 Å². The Hall–Kier alpha value is -3.97. The van der Waals surface area contributed by atoms with Crippen LogP contribution in [0.4, 0.5) is 29.5 Å². The van der Waals surface area contributed by atoms with Crippen molar-refractivity contribution >= 4 is 60.6 Å². The number of anilines is 2. The molecule has 0 fully saturated rings. The quantitative estimate of drug-likeness (QED) is 0.267. The Bertz CT molecular complexity index is 1740. The number of nitrogens with zero attached hydrogens (tertiary/aromatic N) is 3. The van der Waals surface area contributed by atoms with Gasteiger partial charge in [0.2, 0.25) is 0 Å². The number of rotatable bonds is 4. The Balaban J connectivity index is 1.19. The van der Waals surface area contributed by atoms with Gasteiger partial charge < -0.3 is 20.5 Å². The third-order valence-electron chi connectivity index (χ3n) is 6.31. The second-order valence-corrected chi connectivity index (χ2v) is 10.9. The van der Waals surface area contributed by atoms with Crippen LogP contribution >= 0.6 is 22.7 Å². The van der Waals surface area contributed by atoms with Crippen LogP contribution in [0.5, 0.6) is 0 Å². The van der Waals surface area contributed by atoms with Gasteiger partial charge in [-0.1, -0.05) is 23.5 Å². The molecule has 0 unspecified atom stereocenters. The van der Waals surface area contributed by atoms with Gasteiger partial charge in [0, 0.05) is 23.7 Å². The van der Waals surface area contributed by atoms with Crippen molar-refractivity contribution in [2.75, 3.05) is 11.9 Å². The smallest absolute Gasteiger partial charge is 0.340 e. The lowest BCUT2D eigenvalue weighted by Gasteiger charge is -2.27. The topological polar surface area (TPSA) is 103 Å². The fourth-order valence-electron chi connectivity index (χ4n) is 4.50. The maximum absolute atomic E-state index is 13.0. The van der Waals surface area contributed by atoms with Crippen LogP contribution < -0.4 is 15.5 Å². The van der Waals surface area contributed by atoms with Crippen LogP contribution in [-0.2, 0) is 25.7 Å². The number of amides is 2. The Labute approximate surface area is 221 Å². The lowest BCUT2D eigenvalue weighted by atomic mass is 10.1. The third-order valence-corrected chi connectivity index (χ3v) is 8.28. The predicted molar refractivity (Wildman–Crippen MR) is 141 cm³/mol. The fourth-order valence-corrected chi connectivity index (χ4v) is 6.48. The average Bonchev–Trinajstić information content (AvgIpc) is 3.46. The van der Waals surface area contributed by atoms with Gasteiger partial charge >= 0.3 is 17.1 Å². The van der Waals surface area contributed by atoms with Crippen molar-refractivity contribution in [3.63, 3.8) is 0 Å². The molecule has 6 rings (SSSR count). The molecule has 1 aliphatic rings. The van der Waals surface area contributed by atoms with Gasteiger partial charge in [-0.2, -0.15) is 13.2 Å². The minimum atomic E-state index is -4.43. The molecule has 0 spiro atoms. The van der Waals surface area contributed by atoms with Gasteiger partial charge in [0.1, 0.15) is 17.0 Å². The molecule has 2 amide bonds. The molecule has 4 heterocycles. The van der Waals surface area contributed by atoms with E-state index in [0.717, 1.165) is 60.0 Å². The summed E-state index contributed by atoms with van der Waals surface area (Å²) < 4.78 is 39.8. The molecule has 0 saturated carbocycles. The summed E-state index contributed by atoms with van der Waals surface area (Å²) in [5.74, 6) is 0.650. The summed E-state index contributed by atoms with van der Waals surface area (Å²) >= 11 is 2.63. The fraction of sp³-hybridized carbons (Fsp3) is 0.200. The van der Waals surface area contributed by atoms with Crippen molar-refractivity contribution < 1.29 is 18.0 Å². The number of alkyl halides is 3. The van der Waals surface area contributed by atoms with E-state index in [1.165, 1.54) is 23.7 Å². The Morgan fingerprint density at radius 2 is 2.00 bits per heavy atom. The number of thiazole rings is 1. The largest absolute Gasteiger partial charge is 0.416 e. The van der Waals surface area contributed by atoms with Gasteiger partial charge in [0.25, 0.3) is 0 Å². The minimum absolute atomic E-state index is 0.00174. The molecule has 3 N–H and O–H groups in total. The van der Waals surface area contributed by atoms with Crippen molar-refractivity contribution in [2.24, 2.45) is 0 Å². The molecule has 5 aromatic rings. The van der Waals surface area contributed by atoms with E-state index in [1.807, 2.05) is 18.2 Å². The number of nitrogens with one attached hydrogen (secondary N) is 3. The average molecular weight is 557 g/mol. The second-order valence-electron chi connectivity index (χ2n) is 8.79. The lowest BCUT2D eigenvalue weighted by molar-refractivity contribution is -0.137. The van der Waals surface area contributed by atoms with Crippen LogP contribution in [0.25, 0.3) is 20.4 Å². The zero-order valence-electron chi connectivity index (χ0n) is 19.6. The number of halogens is 3. The highest BCUT2D eigenvalue weighted by molar-refractivity contribution is 7.19. The summed E-state index contributed by atoms with van der Waals surface area (Å²) in [7, 11) is 0. The molecular formula is C25H19F3N6O2S2. The molecule has 0 saturated heterocycles. The zero-order chi connectivity index (χ0) is 26.4. The van der Waals surface area contributed by atoms with Crippen molar-refractivity contribution in [2.45, 2.75) is 25.7 Å². The second kappa shape index (κ2) is 9.40. The number of aromatic amines is 1. The maximum Gasteiger partial charge on any atom is 0.416 e. The summed E-state index contributed by atoms with van der Waals surface area (Å²) in [6.07, 6.45) is -2.36. The number of H-pyrrole nitrogens is 1. The highest BCUT2D eigenvalue weighted by atomic mass is 32.1. The first-order valence-corrected chi connectivity index (χ1v) is 13.2. The number of carbonyl (C=O) groups excluding carboxylic acids is 1. The predicted octanol–water partition coefficient (Wildman–Crippen LogP) is 5.62. The molecule has 0 bridgehead atoms. The highest BCUT2D eigenvalue weighted by Crippen LogP contribution is 2.38. The minimum Gasteiger partial charge on any atom is -0.340 e. The van der Waals surface area contributed by atoms with Crippen molar-refractivity contribution in [3.05, 3.63) is 80.0 Å². The molecule has 38 heavy (non-hydrogen) atoms. The van der Waals surface area contributed by atoms with E-state index in [1.54, 1.807) is 11.0 Å². The molecule has 2 aromatic carbocycles. The first kappa shape index (κ1) is 24.4. The van der Waals surface area contributed by atoms with Gasteiger partial charge in [0.15, 0.2) is 0 Å². The Morgan fingerprint density at radius 1 is 1.13 bits per heavy atom. The first-order valence-electron chi connectivity index (χ1n) is 11.6. The van der Waals surface area contributed by atoms with Crippen LogP contribution in [0.2, 0.25) is 0 Å². The molecule has 0 atom stereocenters. The van der Waals surface area contributed by atoms with Crippen LogP contribution in [0, 0.1) is 0 Å². The van der Waals surface area contributed by atoms with E-state index in [-0.39, 0.29) is 17.4 Å². The highest BCUT2D eigenvalue weighted by Gasteiger charge is 2.30. The van der Waals surface area contributed by atoms with Gasteiger partial charge in [0.05, 0.1) is 27.7 Å². The number of hydrogen-bond donors (Lipinski definition) is 3. The molecule has 3 aromatic heterocycles. The van der Waals surface area contributed by atoms with E-state index in [0.29, 0.717) is 30.9 Å². The summed E-state index contributed by atoms with van der Waals surface area (Å²) in [4.78, 5) is 39.5. The van der Waals surface area contributed by atoms with Gasteiger partial charge in [-0.3, -0.25) is 4.79 Å². The van der Waals surface area contributed by atoms with Crippen LogP contribution in [-0.4, -0.2) is 32.4 Å². The SMILES string of the molecule is O=C(NCc1cccc(C(F)(F)F)c1)N1CCc2c(sc3ncnc(Nc4ccc5[nH]c(=O)sc5c4)c23)C1. The van der Waals surface area contributed by atoms with E-state index in [9.17, 15) is 22.8 Å². The van der Waals surface area contributed by atoms with Crippen LogP contribution in [0.3, 0.4) is 0 Å². The van der Waals surface area contributed by atoms with Gasteiger partial charge in [-0.25, -0.2) is 14.8 Å². The monoisotopic (exact) mass is 556 g/mol. The number of urea groups is 1. The molecule has 0 aliphatic carbocycles. The number of aromatic nitrogens is 3. The van der Waals surface area contributed by atoms with Gasteiger partial charge in [-0.15, -0.1) is 11.3 Å². The van der Waals surface area contributed by atoms with E-state index < -0.39 is 11.7 Å². The first-order chi connectivity index (χ1) is 18.2. The molecular weight excluding hydrogens is 537 g/mol. The summed E-state index contributed by atoms with van der Waals surface area (Å²) in [6.45, 7) is 0.816. The number of carbonyl (C=O) groups is 1. The lowest BCUT2D eigenvalue weighted by Crippen LogP contribution is -2.42. The van der Waals surface area contributed by atoms with Crippen LogP contribution in [0.1, 0.15) is 21.6 Å². The van der Waals surface area contributed by atoms with E-state index >= 15 is 0 Å². The molecule has 1 aliphatic heterocycles. The molecule has 194 valence electrons. The number of hydrogen-bond acceptors (Lipinski definition) is 7. The molecule has 8 nitrogen and oxygen atoms in total. The van der Waals surface area contributed by atoms with Crippen molar-refractivity contribution in [1.29, 1.82) is 0 Å². The standard InChI is InChI=1S/C25H19F3N6O2S2/c26-25(27,28)14-3-1-2-13(8-14)10-29-23(35)34-7-6-16-19(11-34)37-22-20(16)21(30-12-31-22)32-15-4-5-17-18(9-15)38-24(36)33-17/h1-5,8-9,12H,6-7,10-11H2,(H,29,35)(H,33,36)(H,30,31,32). The molecule has 0 radical (unpaired) electrons. The normalized spacial score (nSPS) is 13.6. The number of benzene rings is 2.